The van der Waals surface area contributed by atoms with Crippen LogP contribution in [0.3, 0.4) is 0 Å². The Bertz CT molecular complexity index is 1060. The average Bonchev–Trinajstić information content (AvgIpc) is 3.22. The van der Waals surface area contributed by atoms with Gasteiger partial charge in [-0.15, -0.1) is 10.2 Å². The van der Waals surface area contributed by atoms with E-state index in [1.807, 2.05) is 30.3 Å². The van der Waals surface area contributed by atoms with Crippen molar-refractivity contribution < 1.29 is 4.52 Å². The number of thioether (sulfide) groups is 1. The molecule has 4 aromatic rings. The molecule has 0 radical (unpaired) electrons. The second kappa shape index (κ2) is 8.54. The third-order valence-electron chi connectivity index (χ3n) is 4.22. The van der Waals surface area contributed by atoms with Crippen LogP contribution in [0.1, 0.15) is 18.4 Å². The molecule has 2 aromatic heterocycles. The van der Waals surface area contributed by atoms with Gasteiger partial charge in [-0.1, -0.05) is 71.8 Å². The molecule has 2 heterocycles. The molecule has 140 valence electrons. The van der Waals surface area contributed by atoms with Crippen LogP contribution < -0.4 is 0 Å². The summed E-state index contributed by atoms with van der Waals surface area (Å²) in [5.41, 5.74) is 3.97. The third-order valence-corrected chi connectivity index (χ3v) is 5.46. The lowest BCUT2D eigenvalue weighted by atomic mass is 10.1. The molecular formula is C21H17ClN4OS. The van der Waals surface area contributed by atoms with Crippen LogP contribution in [0, 0.1) is 0 Å². The van der Waals surface area contributed by atoms with E-state index >= 15 is 0 Å². The summed E-state index contributed by atoms with van der Waals surface area (Å²) in [5, 5.41) is 14.0. The zero-order valence-corrected chi connectivity index (χ0v) is 16.7. The molecule has 4 rings (SSSR count). The van der Waals surface area contributed by atoms with Gasteiger partial charge in [0.1, 0.15) is 5.03 Å². The SMILES string of the molecule is CCc1ccc(-c2ccc(SCc3nc(-c4ccccc4Cl)no3)nn2)cc1. The first-order valence-corrected chi connectivity index (χ1v) is 10.2. The standard InChI is InChI=1S/C21H17ClN4OS/c1-2-14-7-9-15(10-8-14)18-11-12-20(25-24-18)28-13-19-23-21(26-27-19)16-5-3-4-6-17(16)22/h3-12H,2,13H2,1H3. The number of hydrogen-bond donors (Lipinski definition) is 0. The van der Waals surface area contributed by atoms with Crippen molar-refractivity contribution in [2.75, 3.05) is 0 Å². The summed E-state index contributed by atoms with van der Waals surface area (Å²) in [7, 11) is 0. The summed E-state index contributed by atoms with van der Waals surface area (Å²) in [5.74, 6) is 1.51. The van der Waals surface area contributed by atoms with Crippen LogP contribution in [0.15, 0.2) is 70.2 Å². The maximum atomic E-state index is 6.18. The van der Waals surface area contributed by atoms with E-state index in [1.54, 1.807) is 6.07 Å². The van der Waals surface area contributed by atoms with E-state index in [4.69, 9.17) is 16.1 Å². The first-order valence-electron chi connectivity index (χ1n) is 8.86. The molecule has 5 nitrogen and oxygen atoms in total. The normalized spacial score (nSPS) is 10.9. The molecule has 0 aliphatic rings. The van der Waals surface area contributed by atoms with E-state index in [1.165, 1.54) is 17.3 Å². The van der Waals surface area contributed by atoms with E-state index in [0.29, 0.717) is 22.5 Å². The Morgan fingerprint density at radius 3 is 2.50 bits per heavy atom. The molecule has 0 bridgehead atoms. The number of rotatable bonds is 6. The van der Waals surface area contributed by atoms with Crippen molar-refractivity contribution in [3.05, 3.63) is 77.1 Å². The Morgan fingerprint density at radius 2 is 1.79 bits per heavy atom. The number of halogens is 1. The minimum Gasteiger partial charge on any atom is -0.338 e. The highest BCUT2D eigenvalue weighted by Gasteiger charge is 2.12. The van der Waals surface area contributed by atoms with Gasteiger partial charge < -0.3 is 4.52 Å². The largest absolute Gasteiger partial charge is 0.338 e. The van der Waals surface area contributed by atoms with Crippen molar-refractivity contribution in [2.45, 2.75) is 24.1 Å². The van der Waals surface area contributed by atoms with Crippen LogP contribution in [-0.2, 0) is 12.2 Å². The van der Waals surface area contributed by atoms with Crippen molar-refractivity contribution in [3.63, 3.8) is 0 Å². The summed E-state index contributed by atoms with van der Waals surface area (Å²) in [6.07, 6.45) is 1.02. The summed E-state index contributed by atoms with van der Waals surface area (Å²) < 4.78 is 5.32. The number of benzene rings is 2. The van der Waals surface area contributed by atoms with Crippen LogP contribution in [0.2, 0.25) is 5.02 Å². The molecule has 0 unspecified atom stereocenters. The molecule has 0 amide bonds. The summed E-state index contributed by atoms with van der Waals surface area (Å²) in [6, 6.07) is 19.7. The maximum absolute atomic E-state index is 6.18. The molecule has 2 aromatic carbocycles. The number of aryl methyl sites for hydroxylation is 1. The van der Waals surface area contributed by atoms with E-state index < -0.39 is 0 Å². The van der Waals surface area contributed by atoms with E-state index in [0.717, 1.165) is 28.3 Å². The smallest absolute Gasteiger partial charge is 0.237 e. The van der Waals surface area contributed by atoms with Gasteiger partial charge in [0.2, 0.25) is 11.7 Å². The highest BCUT2D eigenvalue weighted by atomic mass is 35.5. The molecule has 0 saturated carbocycles. The van der Waals surface area contributed by atoms with Gasteiger partial charge in [-0.25, -0.2) is 0 Å². The lowest BCUT2D eigenvalue weighted by Crippen LogP contribution is -1.91. The van der Waals surface area contributed by atoms with Crippen molar-refractivity contribution >= 4 is 23.4 Å². The van der Waals surface area contributed by atoms with Crippen molar-refractivity contribution in [1.82, 2.24) is 20.3 Å². The maximum Gasteiger partial charge on any atom is 0.237 e. The van der Waals surface area contributed by atoms with Gasteiger partial charge >= 0.3 is 0 Å². The zero-order valence-electron chi connectivity index (χ0n) is 15.2. The highest BCUT2D eigenvalue weighted by molar-refractivity contribution is 7.98. The molecule has 0 aliphatic heterocycles. The second-order valence-corrected chi connectivity index (χ2v) is 7.49. The molecule has 0 spiro atoms. The predicted octanol–water partition coefficient (Wildman–Crippen LogP) is 5.70. The van der Waals surface area contributed by atoms with Gasteiger partial charge in [-0.3, -0.25) is 0 Å². The van der Waals surface area contributed by atoms with Gasteiger partial charge in [0.25, 0.3) is 0 Å². The molecule has 7 heteroatoms. The fraction of sp³-hybridized carbons (Fsp3) is 0.143. The van der Waals surface area contributed by atoms with Crippen LogP contribution in [0.4, 0.5) is 0 Å². The van der Waals surface area contributed by atoms with Gasteiger partial charge in [0, 0.05) is 11.1 Å². The molecule has 0 saturated heterocycles. The van der Waals surface area contributed by atoms with Crippen molar-refractivity contribution in [3.8, 4) is 22.6 Å². The number of hydrogen-bond acceptors (Lipinski definition) is 6. The predicted molar refractivity (Wildman–Crippen MR) is 111 cm³/mol. The second-order valence-electron chi connectivity index (χ2n) is 6.09. The Kier molecular flexibility index (Phi) is 5.69. The quantitative estimate of drug-likeness (QED) is 0.381. The molecule has 0 atom stereocenters. The van der Waals surface area contributed by atoms with Crippen LogP contribution in [-0.4, -0.2) is 20.3 Å². The van der Waals surface area contributed by atoms with Crippen molar-refractivity contribution in [2.24, 2.45) is 0 Å². The monoisotopic (exact) mass is 408 g/mol. The van der Waals surface area contributed by atoms with E-state index in [9.17, 15) is 0 Å². The minimum absolute atomic E-state index is 0.484. The zero-order chi connectivity index (χ0) is 19.3. The molecule has 28 heavy (non-hydrogen) atoms. The molecule has 0 aliphatic carbocycles. The first-order chi connectivity index (χ1) is 13.7. The van der Waals surface area contributed by atoms with E-state index in [-0.39, 0.29) is 0 Å². The van der Waals surface area contributed by atoms with Crippen LogP contribution >= 0.6 is 23.4 Å². The van der Waals surface area contributed by atoms with Crippen LogP contribution in [0.5, 0.6) is 0 Å². The van der Waals surface area contributed by atoms with E-state index in [2.05, 4.69) is 51.5 Å². The topological polar surface area (TPSA) is 64.7 Å². The Labute approximate surface area is 172 Å². The Hall–Kier alpha value is -2.70. The lowest BCUT2D eigenvalue weighted by Gasteiger charge is -2.03. The summed E-state index contributed by atoms with van der Waals surface area (Å²) in [4.78, 5) is 4.41. The first kappa shape index (κ1) is 18.7. The van der Waals surface area contributed by atoms with Crippen molar-refractivity contribution in [1.29, 1.82) is 0 Å². The fourth-order valence-corrected chi connectivity index (χ4v) is 3.53. The summed E-state index contributed by atoms with van der Waals surface area (Å²) in [6.45, 7) is 2.14. The van der Waals surface area contributed by atoms with Gasteiger partial charge in [-0.2, -0.15) is 4.98 Å². The van der Waals surface area contributed by atoms with Gasteiger partial charge in [-0.05, 0) is 36.2 Å². The molecule has 0 fully saturated rings. The average molecular weight is 409 g/mol. The van der Waals surface area contributed by atoms with Gasteiger partial charge in [0.05, 0.1) is 16.5 Å². The molecule has 0 N–H and O–H groups in total. The minimum atomic E-state index is 0.484. The van der Waals surface area contributed by atoms with Gasteiger partial charge in [0.15, 0.2) is 0 Å². The Balaban J connectivity index is 1.41. The lowest BCUT2D eigenvalue weighted by molar-refractivity contribution is 0.391. The number of aromatic nitrogens is 4. The number of nitrogens with zero attached hydrogens (tertiary/aromatic N) is 4. The highest BCUT2D eigenvalue weighted by Crippen LogP contribution is 2.27. The van der Waals surface area contributed by atoms with Crippen LogP contribution in [0.25, 0.3) is 22.6 Å². The molecular weight excluding hydrogens is 392 g/mol. The third kappa shape index (κ3) is 4.24. The fourth-order valence-electron chi connectivity index (χ4n) is 2.66. The Morgan fingerprint density at radius 1 is 0.964 bits per heavy atom. The summed E-state index contributed by atoms with van der Waals surface area (Å²) >= 11 is 7.67.